The fraction of sp³-hybridized carbons (Fsp3) is 0.333. The Kier molecular flexibility index (Phi) is 7.43. The molecule has 0 spiro atoms. The molecule has 0 saturated carbocycles. The second kappa shape index (κ2) is 10.1. The lowest BCUT2D eigenvalue weighted by molar-refractivity contribution is -0.138. The number of carbonyl (C=O) groups is 2. The normalized spacial score (nSPS) is 14.5. The van der Waals surface area contributed by atoms with Gasteiger partial charge in [0.15, 0.2) is 0 Å². The molecule has 0 aliphatic carbocycles. The van der Waals surface area contributed by atoms with Crippen molar-refractivity contribution >= 4 is 23.1 Å². The fourth-order valence-electron chi connectivity index (χ4n) is 3.38. The molecule has 1 aliphatic heterocycles. The number of anilines is 1. The number of rotatable bonds is 9. The van der Waals surface area contributed by atoms with Gasteiger partial charge in [-0.05, 0) is 56.2 Å². The Balaban J connectivity index is 1.94. The predicted molar refractivity (Wildman–Crippen MR) is 117 cm³/mol. The van der Waals surface area contributed by atoms with Gasteiger partial charge in [-0.2, -0.15) is 13.2 Å². The molecule has 2 aromatic rings. The van der Waals surface area contributed by atoms with E-state index in [0.717, 1.165) is 17.0 Å². The highest BCUT2D eigenvalue weighted by atomic mass is 19.4. The van der Waals surface area contributed by atoms with Crippen LogP contribution in [0.1, 0.15) is 31.4 Å². The Bertz CT molecular complexity index is 1050. The molecule has 0 aromatic heterocycles. The van der Waals surface area contributed by atoms with Crippen LogP contribution in [0, 0.1) is 0 Å². The van der Waals surface area contributed by atoms with Crippen LogP contribution in [0.4, 0.5) is 18.9 Å². The van der Waals surface area contributed by atoms with Gasteiger partial charge in [-0.1, -0.05) is 18.2 Å². The standard InChI is InChI=1S/C24H25F3N2O4/c1-15(2)33-13-5-12-29-22(30)20(16-8-10-19(32-3)11-9-16)21(23(29)31)28-18-7-4-6-17(14-18)24(25,26)27/h4,6-11,14-15,28H,5,12-13H2,1-3H3. The molecule has 0 atom stereocenters. The van der Waals surface area contributed by atoms with Gasteiger partial charge in [0.1, 0.15) is 11.4 Å². The van der Waals surface area contributed by atoms with E-state index in [1.165, 1.54) is 19.2 Å². The zero-order chi connectivity index (χ0) is 24.2. The molecule has 176 valence electrons. The Morgan fingerprint density at radius 2 is 1.73 bits per heavy atom. The average molecular weight is 462 g/mol. The Morgan fingerprint density at radius 3 is 2.33 bits per heavy atom. The molecule has 2 aromatic carbocycles. The van der Waals surface area contributed by atoms with Crippen molar-refractivity contribution in [1.82, 2.24) is 4.90 Å². The van der Waals surface area contributed by atoms with Gasteiger partial charge < -0.3 is 14.8 Å². The van der Waals surface area contributed by atoms with Gasteiger partial charge in [-0.25, -0.2) is 0 Å². The summed E-state index contributed by atoms with van der Waals surface area (Å²) >= 11 is 0. The van der Waals surface area contributed by atoms with Crippen molar-refractivity contribution in [2.24, 2.45) is 0 Å². The van der Waals surface area contributed by atoms with Crippen LogP contribution < -0.4 is 10.1 Å². The van der Waals surface area contributed by atoms with E-state index >= 15 is 0 Å². The summed E-state index contributed by atoms with van der Waals surface area (Å²) in [6.07, 6.45) is -4.09. The van der Waals surface area contributed by atoms with Gasteiger partial charge in [0.2, 0.25) is 0 Å². The van der Waals surface area contributed by atoms with Crippen LogP contribution in [-0.2, 0) is 20.5 Å². The van der Waals surface area contributed by atoms with Crippen molar-refractivity contribution in [3.8, 4) is 5.75 Å². The lowest BCUT2D eigenvalue weighted by atomic mass is 10.0. The van der Waals surface area contributed by atoms with E-state index in [0.29, 0.717) is 24.3 Å². The Labute approximate surface area is 190 Å². The molecule has 1 heterocycles. The third-order valence-electron chi connectivity index (χ3n) is 4.98. The average Bonchev–Trinajstić information content (AvgIpc) is 3.00. The van der Waals surface area contributed by atoms with Gasteiger partial charge in [0, 0.05) is 18.8 Å². The summed E-state index contributed by atoms with van der Waals surface area (Å²) in [4.78, 5) is 27.4. The number of hydrogen-bond acceptors (Lipinski definition) is 5. The van der Waals surface area contributed by atoms with Gasteiger partial charge in [0.25, 0.3) is 11.8 Å². The van der Waals surface area contributed by atoms with Crippen molar-refractivity contribution in [3.05, 3.63) is 65.4 Å². The number of nitrogens with one attached hydrogen (secondary N) is 1. The van der Waals surface area contributed by atoms with Crippen LogP contribution in [0.15, 0.2) is 54.2 Å². The summed E-state index contributed by atoms with van der Waals surface area (Å²) in [5.41, 5.74) is -0.348. The summed E-state index contributed by atoms with van der Waals surface area (Å²) in [7, 11) is 1.50. The number of imide groups is 1. The summed E-state index contributed by atoms with van der Waals surface area (Å²) < 4.78 is 50.0. The first-order valence-corrected chi connectivity index (χ1v) is 10.4. The molecule has 3 rings (SSSR count). The van der Waals surface area contributed by atoms with Crippen molar-refractivity contribution in [2.75, 3.05) is 25.6 Å². The maximum atomic E-state index is 13.2. The molecule has 0 bridgehead atoms. The number of carbonyl (C=O) groups excluding carboxylic acids is 2. The quantitative estimate of drug-likeness (QED) is 0.432. The maximum Gasteiger partial charge on any atom is 0.416 e. The van der Waals surface area contributed by atoms with Crippen molar-refractivity contribution in [2.45, 2.75) is 32.5 Å². The number of nitrogens with zero attached hydrogens (tertiary/aromatic N) is 1. The molecule has 2 amide bonds. The number of benzene rings is 2. The monoisotopic (exact) mass is 462 g/mol. The third-order valence-corrected chi connectivity index (χ3v) is 4.98. The molecule has 33 heavy (non-hydrogen) atoms. The highest BCUT2D eigenvalue weighted by molar-refractivity contribution is 6.36. The van der Waals surface area contributed by atoms with E-state index in [-0.39, 0.29) is 29.6 Å². The summed E-state index contributed by atoms with van der Waals surface area (Å²) in [5.74, 6) is -0.567. The van der Waals surface area contributed by atoms with E-state index in [9.17, 15) is 22.8 Å². The van der Waals surface area contributed by atoms with Crippen molar-refractivity contribution in [3.63, 3.8) is 0 Å². The van der Waals surface area contributed by atoms with E-state index in [2.05, 4.69) is 5.32 Å². The van der Waals surface area contributed by atoms with Crippen LogP contribution in [0.5, 0.6) is 5.75 Å². The fourth-order valence-corrected chi connectivity index (χ4v) is 3.38. The molecule has 0 fully saturated rings. The minimum absolute atomic E-state index is 0.0149. The molecular weight excluding hydrogens is 437 g/mol. The second-order valence-corrected chi connectivity index (χ2v) is 7.72. The van der Waals surface area contributed by atoms with Gasteiger partial charge in [-0.15, -0.1) is 0 Å². The highest BCUT2D eigenvalue weighted by Crippen LogP contribution is 2.34. The van der Waals surface area contributed by atoms with E-state index < -0.39 is 23.6 Å². The lowest BCUT2D eigenvalue weighted by Crippen LogP contribution is -2.34. The number of alkyl halides is 3. The first kappa shape index (κ1) is 24.3. The minimum Gasteiger partial charge on any atom is -0.497 e. The van der Waals surface area contributed by atoms with E-state index in [1.54, 1.807) is 24.3 Å². The topological polar surface area (TPSA) is 67.9 Å². The van der Waals surface area contributed by atoms with Crippen LogP contribution in [0.25, 0.3) is 5.57 Å². The highest BCUT2D eigenvalue weighted by Gasteiger charge is 2.39. The van der Waals surface area contributed by atoms with Crippen LogP contribution >= 0.6 is 0 Å². The molecule has 9 heteroatoms. The predicted octanol–water partition coefficient (Wildman–Crippen LogP) is 4.72. The zero-order valence-corrected chi connectivity index (χ0v) is 18.5. The molecule has 0 saturated heterocycles. The molecule has 6 nitrogen and oxygen atoms in total. The largest absolute Gasteiger partial charge is 0.497 e. The summed E-state index contributed by atoms with van der Waals surface area (Å²) in [6.45, 7) is 4.25. The van der Waals surface area contributed by atoms with E-state index in [1.807, 2.05) is 13.8 Å². The third kappa shape index (κ3) is 5.73. The van der Waals surface area contributed by atoms with Gasteiger partial charge in [-0.3, -0.25) is 14.5 Å². The van der Waals surface area contributed by atoms with Crippen LogP contribution in [0.2, 0.25) is 0 Å². The Hall–Kier alpha value is -3.33. The summed E-state index contributed by atoms with van der Waals surface area (Å²) in [5, 5.41) is 2.75. The number of ether oxygens (including phenoxy) is 2. The van der Waals surface area contributed by atoms with Crippen molar-refractivity contribution in [1.29, 1.82) is 0 Å². The molecule has 1 N–H and O–H groups in total. The van der Waals surface area contributed by atoms with Crippen LogP contribution in [-0.4, -0.2) is 43.1 Å². The molecule has 1 aliphatic rings. The first-order chi connectivity index (χ1) is 15.6. The number of amides is 2. The molecular formula is C24H25F3N2O4. The van der Waals surface area contributed by atoms with Crippen LogP contribution in [0.3, 0.4) is 0 Å². The Morgan fingerprint density at radius 1 is 1.03 bits per heavy atom. The zero-order valence-electron chi connectivity index (χ0n) is 18.5. The minimum atomic E-state index is -4.54. The van der Waals surface area contributed by atoms with Gasteiger partial charge in [0.05, 0.1) is 24.4 Å². The SMILES string of the molecule is COc1ccc(C2=C(Nc3cccc(C(F)(F)F)c3)C(=O)N(CCCOC(C)C)C2=O)cc1. The number of methoxy groups -OCH3 is 1. The maximum absolute atomic E-state index is 13.2. The molecule has 0 radical (unpaired) electrons. The smallest absolute Gasteiger partial charge is 0.416 e. The second-order valence-electron chi connectivity index (χ2n) is 7.72. The lowest BCUT2D eigenvalue weighted by Gasteiger charge is -2.16. The molecule has 0 unspecified atom stereocenters. The number of hydrogen-bond donors (Lipinski definition) is 1. The first-order valence-electron chi connectivity index (χ1n) is 10.4. The summed E-state index contributed by atoms with van der Waals surface area (Å²) in [6, 6.07) is 11.0. The van der Waals surface area contributed by atoms with E-state index in [4.69, 9.17) is 9.47 Å². The van der Waals surface area contributed by atoms with Gasteiger partial charge >= 0.3 is 6.18 Å². The number of halogens is 3. The van der Waals surface area contributed by atoms with Crippen molar-refractivity contribution < 1.29 is 32.2 Å².